The number of rotatable bonds is 7. The van der Waals surface area contributed by atoms with Gasteiger partial charge in [-0.05, 0) is 12.8 Å². The maximum Gasteiger partial charge on any atom is 0.229 e. The summed E-state index contributed by atoms with van der Waals surface area (Å²) in [4.78, 5) is 35.0. The molecule has 0 aromatic carbocycles. The molecule has 0 aromatic heterocycles. The van der Waals surface area contributed by atoms with Crippen LogP contribution in [-0.2, 0) is 14.4 Å². The van der Waals surface area contributed by atoms with Crippen LogP contribution in [0.15, 0.2) is 0 Å². The van der Waals surface area contributed by atoms with E-state index in [1.807, 2.05) is 0 Å². The summed E-state index contributed by atoms with van der Waals surface area (Å²) in [6, 6.07) is 0. The number of unbranched alkanes of at least 4 members (excludes halogenated alkanes) is 1. The van der Waals surface area contributed by atoms with E-state index in [0.29, 0.717) is 13.0 Å². The molecule has 0 bridgehead atoms. The minimum atomic E-state index is -0.192. The smallest absolute Gasteiger partial charge is 0.229 e. The molecule has 0 aliphatic carbocycles. The molecular formula is C11H18N2O4. The minimum absolute atomic E-state index is 0.118. The number of aliphatic hydroxyl groups excluding tert-OH is 1. The lowest BCUT2D eigenvalue weighted by molar-refractivity contribution is -0.138. The van der Waals surface area contributed by atoms with Crippen LogP contribution in [0.2, 0.25) is 0 Å². The molecular weight excluding hydrogens is 224 g/mol. The molecule has 0 atom stereocenters. The first-order valence-corrected chi connectivity index (χ1v) is 5.86. The van der Waals surface area contributed by atoms with Gasteiger partial charge in [-0.3, -0.25) is 19.3 Å². The van der Waals surface area contributed by atoms with Crippen molar-refractivity contribution in [3.8, 4) is 0 Å². The molecule has 6 nitrogen and oxygen atoms in total. The highest BCUT2D eigenvalue weighted by Gasteiger charge is 2.28. The van der Waals surface area contributed by atoms with Crippen molar-refractivity contribution in [2.75, 3.05) is 19.7 Å². The van der Waals surface area contributed by atoms with Crippen molar-refractivity contribution in [3.63, 3.8) is 0 Å². The number of nitrogens with zero attached hydrogens (tertiary/aromatic N) is 1. The topological polar surface area (TPSA) is 86.7 Å². The molecule has 1 saturated heterocycles. The Morgan fingerprint density at radius 3 is 2.47 bits per heavy atom. The van der Waals surface area contributed by atoms with Gasteiger partial charge in [0.15, 0.2) is 0 Å². The van der Waals surface area contributed by atoms with Crippen molar-refractivity contribution >= 4 is 17.7 Å². The summed E-state index contributed by atoms with van der Waals surface area (Å²) >= 11 is 0. The number of likely N-dealkylation sites (tertiary alicyclic amines) is 1. The lowest BCUT2D eigenvalue weighted by Gasteiger charge is -2.13. The lowest BCUT2D eigenvalue weighted by atomic mass is 10.3. The highest BCUT2D eigenvalue weighted by Crippen LogP contribution is 2.11. The number of nitrogens with one attached hydrogen (secondary N) is 1. The molecule has 1 aliphatic heterocycles. The monoisotopic (exact) mass is 242 g/mol. The first-order valence-electron chi connectivity index (χ1n) is 5.86. The van der Waals surface area contributed by atoms with Gasteiger partial charge in [-0.2, -0.15) is 0 Å². The van der Waals surface area contributed by atoms with Crippen LogP contribution >= 0.6 is 0 Å². The third-order valence-corrected chi connectivity index (χ3v) is 2.62. The van der Waals surface area contributed by atoms with Gasteiger partial charge in [0.1, 0.15) is 0 Å². The van der Waals surface area contributed by atoms with E-state index in [4.69, 9.17) is 5.11 Å². The second kappa shape index (κ2) is 7.01. The van der Waals surface area contributed by atoms with Crippen LogP contribution in [0.4, 0.5) is 0 Å². The molecule has 0 spiro atoms. The SMILES string of the molecule is O=C(CCN1C(=O)CCC1=O)NCCCCO. The number of carbonyl (C=O) groups excluding carboxylic acids is 3. The number of hydrogen-bond donors (Lipinski definition) is 2. The van der Waals surface area contributed by atoms with E-state index in [1.54, 1.807) is 0 Å². The summed E-state index contributed by atoms with van der Waals surface area (Å²) in [7, 11) is 0. The molecule has 96 valence electrons. The van der Waals surface area contributed by atoms with Crippen LogP contribution in [0, 0.1) is 0 Å². The van der Waals surface area contributed by atoms with Crippen LogP contribution in [0.1, 0.15) is 32.1 Å². The van der Waals surface area contributed by atoms with E-state index in [0.717, 1.165) is 11.3 Å². The number of amides is 3. The highest BCUT2D eigenvalue weighted by molar-refractivity contribution is 6.02. The van der Waals surface area contributed by atoms with E-state index in [9.17, 15) is 14.4 Å². The third kappa shape index (κ3) is 4.52. The summed E-state index contributed by atoms with van der Waals surface area (Å²) < 4.78 is 0. The van der Waals surface area contributed by atoms with Crippen LogP contribution in [0.5, 0.6) is 0 Å². The van der Waals surface area contributed by atoms with Crippen LogP contribution < -0.4 is 5.32 Å². The predicted octanol–water partition coefficient (Wildman–Crippen LogP) is -0.586. The Bertz CT molecular complexity index is 288. The van der Waals surface area contributed by atoms with Gasteiger partial charge in [0.05, 0.1) is 0 Å². The van der Waals surface area contributed by atoms with Gasteiger partial charge in [-0.15, -0.1) is 0 Å². The summed E-state index contributed by atoms with van der Waals surface area (Å²) in [5.74, 6) is -0.554. The van der Waals surface area contributed by atoms with E-state index >= 15 is 0 Å². The largest absolute Gasteiger partial charge is 0.396 e. The van der Waals surface area contributed by atoms with E-state index < -0.39 is 0 Å². The standard InChI is InChI=1S/C11H18N2O4/c14-8-2-1-6-12-9(15)5-7-13-10(16)3-4-11(13)17/h14H,1-8H2,(H,12,15). The van der Waals surface area contributed by atoms with Gasteiger partial charge in [-0.1, -0.05) is 0 Å². The number of aliphatic hydroxyl groups is 1. The zero-order valence-electron chi connectivity index (χ0n) is 9.78. The fraction of sp³-hybridized carbons (Fsp3) is 0.727. The Morgan fingerprint density at radius 1 is 1.24 bits per heavy atom. The molecule has 1 rings (SSSR count). The van der Waals surface area contributed by atoms with Crippen LogP contribution in [-0.4, -0.2) is 47.4 Å². The van der Waals surface area contributed by atoms with Crippen LogP contribution in [0.25, 0.3) is 0 Å². The maximum absolute atomic E-state index is 11.4. The number of carbonyl (C=O) groups is 3. The Balaban J connectivity index is 2.15. The Labute approximate surface area is 100.0 Å². The quantitative estimate of drug-likeness (QED) is 0.461. The first kappa shape index (κ1) is 13.6. The zero-order chi connectivity index (χ0) is 12.7. The maximum atomic E-state index is 11.4. The fourth-order valence-electron chi connectivity index (χ4n) is 1.64. The van der Waals surface area contributed by atoms with E-state index in [2.05, 4.69) is 5.32 Å². The number of hydrogen-bond acceptors (Lipinski definition) is 4. The molecule has 2 N–H and O–H groups in total. The van der Waals surface area contributed by atoms with Crippen molar-refractivity contribution < 1.29 is 19.5 Å². The lowest BCUT2D eigenvalue weighted by Crippen LogP contribution is -2.34. The molecule has 1 aliphatic rings. The summed E-state index contributed by atoms with van der Waals surface area (Å²) in [5, 5.41) is 11.2. The first-order chi connectivity index (χ1) is 8.15. The zero-order valence-corrected chi connectivity index (χ0v) is 9.78. The molecule has 0 aromatic rings. The molecule has 6 heteroatoms. The molecule has 0 unspecified atom stereocenters. The molecule has 0 radical (unpaired) electrons. The number of imide groups is 1. The average Bonchev–Trinajstić information content (AvgIpc) is 2.62. The molecule has 0 saturated carbocycles. The molecule has 1 fully saturated rings. The van der Waals surface area contributed by atoms with Gasteiger partial charge in [-0.25, -0.2) is 0 Å². The highest BCUT2D eigenvalue weighted by atomic mass is 16.3. The van der Waals surface area contributed by atoms with Gasteiger partial charge in [0.2, 0.25) is 17.7 Å². The fourth-order valence-corrected chi connectivity index (χ4v) is 1.64. The second-order valence-electron chi connectivity index (χ2n) is 3.97. The Morgan fingerprint density at radius 2 is 1.88 bits per heavy atom. The molecule has 3 amide bonds. The van der Waals surface area contributed by atoms with Crippen LogP contribution in [0.3, 0.4) is 0 Å². The van der Waals surface area contributed by atoms with Crippen molar-refractivity contribution in [2.24, 2.45) is 0 Å². The molecule has 17 heavy (non-hydrogen) atoms. The summed E-state index contributed by atoms with van der Waals surface area (Å²) in [6.07, 6.45) is 2.05. The predicted molar refractivity (Wildman–Crippen MR) is 59.9 cm³/mol. The normalized spacial score (nSPS) is 15.5. The Kier molecular flexibility index (Phi) is 5.62. The van der Waals surface area contributed by atoms with E-state index in [1.165, 1.54) is 0 Å². The van der Waals surface area contributed by atoms with Crippen molar-refractivity contribution in [1.82, 2.24) is 10.2 Å². The van der Waals surface area contributed by atoms with Crippen molar-refractivity contribution in [1.29, 1.82) is 0 Å². The summed E-state index contributed by atoms with van der Waals surface area (Å²) in [6.45, 7) is 0.803. The van der Waals surface area contributed by atoms with Gasteiger partial charge >= 0.3 is 0 Å². The minimum Gasteiger partial charge on any atom is -0.396 e. The second-order valence-corrected chi connectivity index (χ2v) is 3.97. The third-order valence-electron chi connectivity index (χ3n) is 2.62. The summed E-state index contributed by atoms with van der Waals surface area (Å²) in [5.41, 5.74) is 0. The average molecular weight is 242 g/mol. The van der Waals surface area contributed by atoms with E-state index in [-0.39, 0.29) is 50.1 Å². The van der Waals surface area contributed by atoms with Gasteiger partial charge < -0.3 is 10.4 Å². The molecule has 1 heterocycles. The van der Waals surface area contributed by atoms with Gasteiger partial charge in [0.25, 0.3) is 0 Å². The van der Waals surface area contributed by atoms with Crippen molar-refractivity contribution in [2.45, 2.75) is 32.1 Å². The van der Waals surface area contributed by atoms with Crippen molar-refractivity contribution in [3.05, 3.63) is 0 Å². The van der Waals surface area contributed by atoms with Gasteiger partial charge in [0, 0.05) is 39.0 Å². The Hall–Kier alpha value is -1.43.